The first-order chi connectivity index (χ1) is 12.8. The number of thiophene rings is 1. The third-order valence-electron chi connectivity index (χ3n) is 4.26. The van der Waals surface area contributed by atoms with E-state index in [-0.39, 0.29) is 5.91 Å². The Labute approximate surface area is 159 Å². The molecule has 0 atom stereocenters. The summed E-state index contributed by atoms with van der Waals surface area (Å²) in [6.45, 7) is 5.84. The van der Waals surface area contributed by atoms with E-state index in [1.165, 1.54) is 22.2 Å². The summed E-state index contributed by atoms with van der Waals surface area (Å²) in [7, 11) is 0. The largest absolute Gasteiger partial charge is 0.461 e. The van der Waals surface area contributed by atoms with Gasteiger partial charge in [0.25, 0.3) is 0 Å². The molecular formula is C18H18N4O2S2. The topological polar surface area (TPSA) is 64.2 Å². The van der Waals surface area contributed by atoms with Gasteiger partial charge in [-0.15, -0.1) is 28.1 Å². The number of carbonyl (C=O) groups excluding carboxylic acids is 1. The molecule has 134 valence electrons. The predicted molar refractivity (Wildman–Crippen MR) is 102 cm³/mol. The standard InChI is InChI=1S/C18H18N4O2S2/c1-2-7-22-17(14-4-3-9-24-14)19-20-18(22)26-12-16(23)21-8-5-15-13(11-21)6-10-25-15/h2-4,6,9-10H,1,5,7-8,11-12H2. The summed E-state index contributed by atoms with van der Waals surface area (Å²) in [4.78, 5) is 15.9. The molecule has 0 bridgehead atoms. The Morgan fingerprint density at radius 2 is 2.35 bits per heavy atom. The fraction of sp³-hybridized carbons (Fsp3) is 0.278. The van der Waals surface area contributed by atoms with Crippen molar-refractivity contribution in [3.8, 4) is 11.6 Å². The van der Waals surface area contributed by atoms with Crippen LogP contribution in [0.1, 0.15) is 10.4 Å². The molecule has 4 rings (SSSR count). The minimum absolute atomic E-state index is 0.125. The van der Waals surface area contributed by atoms with Crippen LogP contribution in [0.5, 0.6) is 0 Å². The second kappa shape index (κ2) is 7.51. The molecule has 3 aromatic heterocycles. The van der Waals surface area contributed by atoms with E-state index >= 15 is 0 Å². The Hall–Kier alpha value is -2.32. The fourth-order valence-electron chi connectivity index (χ4n) is 2.96. The van der Waals surface area contributed by atoms with Crippen LogP contribution in [0.4, 0.5) is 0 Å². The van der Waals surface area contributed by atoms with Gasteiger partial charge in [-0.1, -0.05) is 17.8 Å². The number of carbonyl (C=O) groups is 1. The Bertz CT molecular complexity index is 914. The molecule has 0 saturated heterocycles. The smallest absolute Gasteiger partial charge is 0.233 e. The van der Waals surface area contributed by atoms with Gasteiger partial charge in [-0.3, -0.25) is 9.36 Å². The molecule has 0 fully saturated rings. The molecule has 0 spiro atoms. The Balaban J connectivity index is 1.45. The number of rotatable bonds is 6. The lowest BCUT2D eigenvalue weighted by atomic mass is 10.1. The molecule has 1 aliphatic heterocycles. The van der Waals surface area contributed by atoms with Crippen molar-refractivity contribution in [2.45, 2.75) is 24.7 Å². The number of hydrogen-bond donors (Lipinski definition) is 0. The molecular weight excluding hydrogens is 368 g/mol. The molecule has 0 N–H and O–H groups in total. The van der Waals surface area contributed by atoms with E-state index in [1.807, 2.05) is 21.6 Å². The zero-order valence-corrected chi connectivity index (χ0v) is 15.8. The predicted octanol–water partition coefficient (Wildman–Crippen LogP) is 3.46. The van der Waals surface area contributed by atoms with Crippen molar-refractivity contribution in [1.29, 1.82) is 0 Å². The lowest BCUT2D eigenvalue weighted by Crippen LogP contribution is -2.36. The summed E-state index contributed by atoms with van der Waals surface area (Å²) in [6, 6.07) is 5.77. The quantitative estimate of drug-likeness (QED) is 0.479. The minimum Gasteiger partial charge on any atom is -0.461 e. The molecule has 0 radical (unpaired) electrons. The molecule has 0 aromatic carbocycles. The molecule has 26 heavy (non-hydrogen) atoms. The number of hydrogen-bond acceptors (Lipinski definition) is 6. The van der Waals surface area contributed by atoms with Gasteiger partial charge < -0.3 is 9.32 Å². The van der Waals surface area contributed by atoms with Crippen molar-refractivity contribution in [2.75, 3.05) is 12.3 Å². The van der Waals surface area contributed by atoms with Gasteiger partial charge in [-0.25, -0.2) is 0 Å². The molecule has 0 unspecified atom stereocenters. The Kier molecular flexibility index (Phi) is 4.94. The van der Waals surface area contributed by atoms with E-state index in [0.717, 1.165) is 13.0 Å². The van der Waals surface area contributed by atoms with Crippen LogP contribution in [-0.2, 0) is 24.3 Å². The van der Waals surface area contributed by atoms with Crippen LogP contribution >= 0.6 is 23.1 Å². The van der Waals surface area contributed by atoms with Crippen molar-refractivity contribution in [1.82, 2.24) is 19.7 Å². The van der Waals surface area contributed by atoms with E-state index in [9.17, 15) is 4.79 Å². The van der Waals surface area contributed by atoms with Crippen LogP contribution in [-0.4, -0.2) is 37.9 Å². The number of furan rings is 1. The Morgan fingerprint density at radius 3 is 3.15 bits per heavy atom. The fourth-order valence-corrected chi connectivity index (χ4v) is 4.70. The van der Waals surface area contributed by atoms with Crippen molar-refractivity contribution < 1.29 is 9.21 Å². The molecule has 4 heterocycles. The first kappa shape index (κ1) is 17.1. The van der Waals surface area contributed by atoms with E-state index < -0.39 is 0 Å². The number of aromatic nitrogens is 3. The van der Waals surface area contributed by atoms with Gasteiger partial charge in [0.2, 0.25) is 11.7 Å². The summed E-state index contributed by atoms with van der Waals surface area (Å²) in [5.41, 5.74) is 1.27. The summed E-state index contributed by atoms with van der Waals surface area (Å²) >= 11 is 3.18. The van der Waals surface area contributed by atoms with Gasteiger partial charge in [0.05, 0.1) is 12.0 Å². The van der Waals surface area contributed by atoms with Crippen molar-refractivity contribution in [2.24, 2.45) is 0 Å². The molecule has 1 amide bonds. The van der Waals surface area contributed by atoms with Gasteiger partial charge in [0.15, 0.2) is 10.9 Å². The van der Waals surface area contributed by atoms with Gasteiger partial charge in [0.1, 0.15) is 0 Å². The third-order valence-corrected chi connectivity index (χ3v) is 6.23. The van der Waals surface area contributed by atoms with Gasteiger partial charge in [-0.05, 0) is 35.6 Å². The maximum absolute atomic E-state index is 12.6. The van der Waals surface area contributed by atoms with Crippen LogP contribution in [0.15, 0.2) is 52.1 Å². The van der Waals surface area contributed by atoms with Crippen LogP contribution in [0.2, 0.25) is 0 Å². The van der Waals surface area contributed by atoms with Crippen LogP contribution in [0.3, 0.4) is 0 Å². The average molecular weight is 387 g/mol. The Morgan fingerprint density at radius 1 is 1.42 bits per heavy atom. The monoisotopic (exact) mass is 386 g/mol. The zero-order chi connectivity index (χ0) is 17.9. The van der Waals surface area contributed by atoms with Crippen molar-refractivity contribution in [3.63, 3.8) is 0 Å². The number of amides is 1. The zero-order valence-electron chi connectivity index (χ0n) is 14.1. The number of fused-ring (bicyclic) bond motifs is 1. The molecule has 3 aromatic rings. The highest BCUT2D eigenvalue weighted by Gasteiger charge is 2.23. The number of nitrogens with zero attached hydrogens (tertiary/aromatic N) is 4. The van der Waals surface area contributed by atoms with E-state index in [2.05, 4.69) is 28.2 Å². The second-order valence-corrected chi connectivity index (χ2v) is 7.85. The SMILES string of the molecule is C=CCn1c(SCC(=O)N2CCc3sccc3C2)nnc1-c1ccco1. The summed E-state index contributed by atoms with van der Waals surface area (Å²) < 4.78 is 7.34. The molecule has 8 heteroatoms. The summed E-state index contributed by atoms with van der Waals surface area (Å²) in [5.74, 6) is 1.76. The number of thioether (sulfide) groups is 1. The van der Waals surface area contributed by atoms with Crippen molar-refractivity contribution in [3.05, 3.63) is 52.9 Å². The van der Waals surface area contributed by atoms with E-state index in [1.54, 1.807) is 23.7 Å². The first-order valence-corrected chi connectivity index (χ1v) is 10.2. The highest BCUT2D eigenvalue weighted by Crippen LogP contribution is 2.27. The lowest BCUT2D eigenvalue weighted by Gasteiger charge is -2.26. The van der Waals surface area contributed by atoms with Gasteiger partial charge >= 0.3 is 0 Å². The highest BCUT2D eigenvalue weighted by atomic mass is 32.2. The van der Waals surface area contributed by atoms with Crippen LogP contribution < -0.4 is 0 Å². The van der Waals surface area contributed by atoms with E-state index in [0.29, 0.717) is 35.6 Å². The van der Waals surface area contributed by atoms with E-state index in [4.69, 9.17) is 4.42 Å². The highest BCUT2D eigenvalue weighted by molar-refractivity contribution is 7.99. The van der Waals surface area contributed by atoms with Crippen LogP contribution in [0, 0.1) is 0 Å². The van der Waals surface area contributed by atoms with Gasteiger partial charge in [0, 0.05) is 24.5 Å². The third kappa shape index (κ3) is 3.34. The maximum atomic E-state index is 12.6. The molecule has 0 aliphatic carbocycles. The van der Waals surface area contributed by atoms with Crippen LogP contribution in [0.25, 0.3) is 11.6 Å². The van der Waals surface area contributed by atoms with Crippen molar-refractivity contribution >= 4 is 29.0 Å². The molecule has 1 aliphatic rings. The first-order valence-electron chi connectivity index (χ1n) is 8.30. The lowest BCUT2D eigenvalue weighted by molar-refractivity contribution is -0.129. The number of allylic oxidation sites excluding steroid dienone is 1. The second-order valence-electron chi connectivity index (χ2n) is 5.91. The summed E-state index contributed by atoms with van der Waals surface area (Å²) in [5, 5.41) is 11.2. The summed E-state index contributed by atoms with van der Waals surface area (Å²) in [6.07, 6.45) is 4.33. The minimum atomic E-state index is 0.125. The van der Waals surface area contributed by atoms with Gasteiger partial charge in [-0.2, -0.15) is 0 Å². The molecule has 0 saturated carbocycles. The molecule has 6 nitrogen and oxygen atoms in total. The maximum Gasteiger partial charge on any atom is 0.233 e. The normalized spacial score (nSPS) is 13.6. The average Bonchev–Trinajstić information content (AvgIpc) is 3.39.